The molecule has 0 saturated carbocycles. The van der Waals surface area contributed by atoms with Crippen molar-refractivity contribution in [3.8, 4) is 11.5 Å². The lowest BCUT2D eigenvalue weighted by Crippen LogP contribution is -2.43. The summed E-state index contributed by atoms with van der Waals surface area (Å²) in [6, 6.07) is 15.0. The Balaban J connectivity index is 1.53. The summed E-state index contributed by atoms with van der Waals surface area (Å²) in [7, 11) is 0. The third-order valence-corrected chi connectivity index (χ3v) is 3.86. The fraction of sp³-hybridized carbons (Fsp3) is 0.150. The molecule has 3 aromatic rings. The minimum Gasteiger partial charge on any atom is -0.441 e. The first-order valence-corrected chi connectivity index (χ1v) is 8.35. The molecule has 3 rings (SSSR count). The van der Waals surface area contributed by atoms with Crippen LogP contribution in [0.5, 0.6) is 0 Å². The molecule has 0 radical (unpaired) electrons. The Labute approximate surface area is 155 Å². The van der Waals surface area contributed by atoms with E-state index >= 15 is 0 Å². The molecule has 0 spiro atoms. The third-order valence-electron chi connectivity index (χ3n) is 3.86. The summed E-state index contributed by atoms with van der Waals surface area (Å²) in [5, 5.41) is 0. The number of aromatic nitrogens is 1. The third kappa shape index (κ3) is 5.01. The lowest BCUT2D eigenvalue weighted by molar-refractivity contribution is -0.128. The van der Waals surface area contributed by atoms with Crippen molar-refractivity contribution in [2.45, 2.75) is 19.8 Å². The average molecular weight is 367 g/mol. The van der Waals surface area contributed by atoms with E-state index in [1.54, 1.807) is 6.92 Å². The van der Waals surface area contributed by atoms with Crippen molar-refractivity contribution < 1.29 is 18.4 Å². The molecule has 138 valence electrons. The molecule has 0 aliphatic carbocycles. The van der Waals surface area contributed by atoms with Crippen molar-refractivity contribution >= 4 is 11.8 Å². The van der Waals surface area contributed by atoms with E-state index < -0.39 is 11.8 Å². The van der Waals surface area contributed by atoms with Crippen LogP contribution in [0.15, 0.2) is 59.0 Å². The smallest absolute Gasteiger partial charge is 0.244 e. The zero-order chi connectivity index (χ0) is 19.2. The Kier molecular flexibility index (Phi) is 5.61. The van der Waals surface area contributed by atoms with Crippen LogP contribution in [0.1, 0.15) is 17.0 Å². The van der Waals surface area contributed by atoms with E-state index in [9.17, 15) is 14.0 Å². The maximum atomic E-state index is 12.9. The van der Waals surface area contributed by atoms with Crippen molar-refractivity contribution in [3.05, 3.63) is 77.4 Å². The zero-order valence-corrected chi connectivity index (χ0v) is 14.7. The van der Waals surface area contributed by atoms with Gasteiger partial charge in [0.2, 0.25) is 17.7 Å². The van der Waals surface area contributed by atoms with Gasteiger partial charge in [0, 0.05) is 5.56 Å². The van der Waals surface area contributed by atoms with Crippen molar-refractivity contribution in [2.75, 3.05) is 0 Å². The van der Waals surface area contributed by atoms with Gasteiger partial charge in [-0.3, -0.25) is 20.4 Å². The number of halogens is 1. The largest absolute Gasteiger partial charge is 0.441 e. The Morgan fingerprint density at radius 1 is 0.963 bits per heavy atom. The topological polar surface area (TPSA) is 84.2 Å². The second kappa shape index (κ2) is 8.27. The molecule has 0 unspecified atom stereocenters. The Bertz CT molecular complexity index is 937. The molecule has 0 aliphatic rings. The number of hydrazine groups is 1. The molecule has 2 aromatic carbocycles. The van der Waals surface area contributed by atoms with Crippen molar-refractivity contribution in [2.24, 2.45) is 0 Å². The van der Waals surface area contributed by atoms with Crippen LogP contribution < -0.4 is 10.9 Å². The number of oxazole rings is 1. The van der Waals surface area contributed by atoms with E-state index in [2.05, 4.69) is 15.8 Å². The minimum absolute atomic E-state index is 0.0288. The molecule has 1 aromatic heterocycles. The van der Waals surface area contributed by atoms with Crippen LogP contribution >= 0.6 is 0 Å². The number of nitrogens with one attached hydrogen (secondary N) is 2. The maximum absolute atomic E-state index is 12.9. The summed E-state index contributed by atoms with van der Waals surface area (Å²) >= 11 is 0. The maximum Gasteiger partial charge on any atom is 0.244 e. The summed E-state index contributed by atoms with van der Waals surface area (Å²) in [5.74, 6) is -0.210. The van der Waals surface area contributed by atoms with E-state index in [0.717, 1.165) is 5.56 Å². The van der Waals surface area contributed by atoms with Gasteiger partial charge >= 0.3 is 0 Å². The van der Waals surface area contributed by atoms with Gasteiger partial charge in [0.1, 0.15) is 11.6 Å². The van der Waals surface area contributed by atoms with Crippen LogP contribution in [-0.2, 0) is 22.4 Å². The first-order valence-electron chi connectivity index (χ1n) is 8.35. The van der Waals surface area contributed by atoms with Gasteiger partial charge in [0.25, 0.3) is 0 Å². The molecule has 6 nitrogen and oxygen atoms in total. The number of benzene rings is 2. The number of carbonyl (C=O) groups excluding carboxylic acids is 2. The van der Waals surface area contributed by atoms with Crippen LogP contribution in [0, 0.1) is 12.7 Å². The van der Waals surface area contributed by atoms with Crippen LogP contribution in [-0.4, -0.2) is 16.8 Å². The van der Waals surface area contributed by atoms with E-state index in [-0.39, 0.29) is 18.7 Å². The number of hydrogen-bond acceptors (Lipinski definition) is 4. The molecular formula is C20H18FN3O3. The number of amides is 2. The van der Waals surface area contributed by atoms with E-state index in [1.165, 1.54) is 24.3 Å². The predicted molar refractivity (Wildman–Crippen MR) is 96.8 cm³/mol. The Morgan fingerprint density at radius 2 is 1.59 bits per heavy atom. The monoisotopic (exact) mass is 367 g/mol. The van der Waals surface area contributed by atoms with Crippen LogP contribution in [0.25, 0.3) is 11.5 Å². The molecule has 0 aliphatic heterocycles. The second-order valence-corrected chi connectivity index (χ2v) is 5.96. The molecule has 0 atom stereocenters. The van der Waals surface area contributed by atoms with Gasteiger partial charge in [0.05, 0.1) is 18.5 Å². The van der Waals surface area contributed by atoms with Crippen LogP contribution in [0.4, 0.5) is 4.39 Å². The molecule has 0 fully saturated rings. The Morgan fingerprint density at radius 3 is 2.26 bits per heavy atom. The summed E-state index contributed by atoms with van der Waals surface area (Å²) in [4.78, 5) is 28.3. The highest BCUT2D eigenvalue weighted by atomic mass is 19.1. The highest BCUT2D eigenvalue weighted by Gasteiger charge is 2.15. The van der Waals surface area contributed by atoms with E-state index in [1.807, 2.05) is 30.3 Å². The summed E-state index contributed by atoms with van der Waals surface area (Å²) in [6.45, 7) is 1.73. The summed E-state index contributed by atoms with van der Waals surface area (Å²) in [6.07, 6.45) is 0.000693. The van der Waals surface area contributed by atoms with Gasteiger partial charge in [-0.1, -0.05) is 30.3 Å². The molecule has 2 N–H and O–H groups in total. The van der Waals surface area contributed by atoms with Crippen molar-refractivity contribution in [1.29, 1.82) is 0 Å². The average Bonchev–Trinajstić information content (AvgIpc) is 3.03. The second-order valence-electron chi connectivity index (χ2n) is 5.96. The predicted octanol–water partition coefficient (Wildman–Crippen LogP) is 2.72. The summed E-state index contributed by atoms with van der Waals surface area (Å²) < 4.78 is 18.5. The van der Waals surface area contributed by atoms with Crippen molar-refractivity contribution in [3.63, 3.8) is 0 Å². The zero-order valence-electron chi connectivity index (χ0n) is 14.7. The molecule has 0 bridgehead atoms. The standard InChI is InChI=1S/C20H18FN3O3/c1-13-17(22-20(27-13)15-5-3-2-4-6-15)12-19(26)24-23-18(25)11-14-7-9-16(21)10-8-14/h2-10H,11-12H2,1H3,(H,23,25)(H,24,26). The quantitative estimate of drug-likeness (QED) is 0.679. The molecule has 7 heteroatoms. The minimum atomic E-state index is -0.418. The van der Waals surface area contributed by atoms with Gasteiger partial charge < -0.3 is 4.42 Å². The van der Waals surface area contributed by atoms with Gasteiger partial charge in [-0.15, -0.1) is 0 Å². The number of hydrogen-bond donors (Lipinski definition) is 2. The lowest BCUT2D eigenvalue weighted by Gasteiger charge is -2.07. The Hall–Kier alpha value is -3.48. The van der Waals surface area contributed by atoms with Gasteiger partial charge in [0.15, 0.2) is 0 Å². The number of aryl methyl sites for hydroxylation is 1. The molecular weight excluding hydrogens is 349 g/mol. The lowest BCUT2D eigenvalue weighted by atomic mass is 10.1. The van der Waals surface area contributed by atoms with Crippen molar-refractivity contribution in [1.82, 2.24) is 15.8 Å². The van der Waals surface area contributed by atoms with Crippen LogP contribution in [0.2, 0.25) is 0 Å². The SMILES string of the molecule is Cc1oc(-c2ccccc2)nc1CC(=O)NNC(=O)Cc1ccc(F)cc1. The highest BCUT2D eigenvalue weighted by molar-refractivity contribution is 5.84. The number of nitrogens with zero attached hydrogens (tertiary/aromatic N) is 1. The van der Waals surface area contributed by atoms with Gasteiger partial charge in [-0.25, -0.2) is 9.37 Å². The molecule has 2 amide bonds. The van der Waals surface area contributed by atoms with Gasteiger partial charge in [-0.2, -0.15) is 0 Å². The van der Waals surface area contributed by atoms with E-state index in [0.29, 0.717) is 22.9 Å². The fourth-order valence-electron chi connectivity index (χ4n) is 2.46. The first kappa shape index (κ1) is 18.3. The number of carbonyl (C=O) groups is 2. The summed E-state index contributed by atoms with van der Waals surface area (Å²) in [5.41, 5.74) is 6.64. The molecule has 0 saturated heterocycles. The number of rotatable bonds is 5. The van der Waals surface area contributed by atoms with Crippen LogP contribution in [0.3, 0.4) is 0 Å². The fourth-order valence-corrected chi connectivity index (χ4v) is 2.46. The highest BCUT2D eigenvalue weighted by Crippen LogP contribution is 2.21. The van der Waals surface area contributed by atoms with E-state index in [4.69, 9.17) is 4.42 Å². The normalized spacial score (nSPS) is 10.4. The first-order chi connectivity index (χ1) is 13.0. The van der Waals surface area contributed by atoms with Gasteiger partial charge in [-0.05, 0) is 36.8 Å². The molecule has 1 heterocycles. The molecule has 27 heavy (non-hydrogen) atoms.